The Morgan fingerprint density at radius 2 is 2.13 bits per heavy atom. The molecule has 0 radical (unpaired) electrons. The average Bonchev–Trinajstić information content (AvgIpc) is 3.00. The lowest BCUT2D eigenvalue weighted by molar-refractivity contribution is 0.369. The second-order valence-electron chi connectivity index (χ2n) is 5.75. The van der Waals surface area contributed by atoms with Gasteiger partial charge in [0, 0.05) is 41.2 Å². The molecule has 0 aliphatic carbocycles. The molecule has 0 bridgehead atoms. The van der Waals surface area contributed by atoms with Gasteiger partial charge < -0.3 is 9.84 Å². The molecular formula is C17H19ClN4O. The van der Waals surface area contributed by atoms with E-state index in [-0.39, 0.29) is 0 Å². The standard InChI is InChI=1S/C17H19ClN4O/c1-11(2)17-21-16(23-22-17)4-3-8-19-14-7-9-20-15-10-12(18)5-6-13(14)15/h5-7,9-11H,3-4,8H2,1-2H3,(H,19,20). The summed E-state index contributed by atoms with van der Waals surface area (Å²) < 4.78 is 5.25. The van der Waals surface area contributed by atoms with E-state index in [9.17, 15) is 0 Å². The minimum absolute atomic E-state index is 0.292. The largest absolute Gasteiger partial charge is 0.384 e. The first kappa shape index (κ1) is 15.7. The number of fused-ring (bicyclic) bond motifs is 1. The lowest BCUT2D eigenvalue weighted by atomic mass is 10.2. The molecule has 3 aromatic rings. The maximum absolute atomic E-state index is 6.01. The third kappa shape index (κ3) is 3.79. The van der Waals surface area contributed by atoms with Crippen molar-refractivity contribution < 1.29 is 4.52 Å². The number of nitrogens with zero attached hydrogens (tertiary/aromatic N) is 3. The molecule has 2 aromatic heterocycles. The zero-order valence-corrected chi connectivity index (χ0v) is 14.0. The predicted octanol–water partition coefficient (Wildman–Crippen LogP) is 4.44. The van der Waals surface area contributed by atoms with Gasteiger partial charge in [0.25, 0.3) is 0 Å². The Balaban J connectivity index is 1.58. The number of benzene rings is 1. The molecule has 1 aromatic carbocycles. The lowest BCUT2D eigenvalue weighted by Gasteiger charge is -2.08. The Morgan fingerprint density at radius 1 is 1.26 bits per heavy atom. The van der Waals surface area contributed by atoms with E-state index in [1.54, 1.807) is 6.20 Å². The van der Waals surface area contributed by atoms with Gasteiger partial charge in [-0.25, -0.2) is 0 Å². The number of pyridine rings is 1. The van der Waals surface area contributed by atoms with Crippen LogP contribution in [-0.4, -0.2) is 21.7 Å². The third-order valence-electron chi connectivity index (χ3n) is 3.59. The molecule has 0 aliphatic heterocycles. The van der Waals surface area contributed by atoms with Gasteiger partial charge in [-0.15, -0.1) is 0 Å². The van der Waals surface area contributed by atoms with Crippen molar-refractivity contribution in [1.82, 2.24) is 15.1 Å². The van der Waals surface area contributed by atoms with Crippen molar-refractivity contribution in [2.45, 2.75) is 32.6 Å². The van der Waals surface area contributed by atoms with Crippen molar-refractivity contribution in [3.05, 3.63) is 47.2 Å². The molecule has 0 fully saturated rings. The molecule has 0 spiro atoms. The highest BCUT2D eigenvalue weighted by Crippen LogP contribution is 2.24. The van der Waals surface area contributed by atoms with Crippen LogP contribution in [0.3, 0.4) is 0 Å². The number of aromatic nitrogens is 3. The summed E-state index contributed by atoms with van der Waals surface area (Å²) in [6.45, 7) is 4.93. The van der Waals surface area contributed by atoms with Crippen molar-refractivity contribution in [3.8, 4) is 0 Å². The fourth-order valence-electron chi connectivity index (χ4n) is 2.34. The summed E-state index contributed by atoms with van der Waals surface area (Å²) in [5.74, 6) is 1.76. The Kier molecular flexibility index (Phi) is 4.76. The molecule has 0 aliphatic rings. The number of hydrogen-bond acceptors (Lipinski definition) is 5. The number of nitrogens with one attached hydrogen (secondary N) is 1. The van der Waals surface area contributed by atoms with Gasteiger partial charge in [-0.3, -0.25) is 4.98 Å². The zero-order valence-electron chi connectivity index (χ0n) is 13.2. The Morgan fingerprint density at radius 3 is 2.91 bits per heavy atom. The molecule has 2 heterocycles. The van der Waals surface area contributed by atoms with Crippen LogP contribution in [-0.2, 0) is 6.42 Å². The normalized spacial score (nSPS) is 11.3. The van der Waals surface area contributed by atoms with Crippen molar-refractivity contribution in [2.75, 3.05) is 11.9 Å². The highest BCUT2D eigenvalue weighted by Gasteiger charge is 2.09. The van der Waals surface area contributed by atoms with E-state index in [1.807, 2.05) is 24.3 Å². The van der Waals surface area contributed by atoms with E-state index in [0.29, 0.717) is 16.8 Å². The fraction of sp³-hybridized carbons (Fsp3) is 0.353. The van der Waals surface area contributed by atoms with Gasteiger partial charge >= 0.3 is 0 Å². The molecule has 0 saturated heterocycles. The minimum Gasteiger partial charge on any atom is -0.384 e. The van der Waals surface area contributed by atoms with Gasteiger partial charge in [-0.1, -0.05) is 30.6 Å². The van der Waals surface area contributed by atoms with Crippen LogP contribution in [0.1, 0.15) is 37.9 Å². The molecule has 0 unspecified atom stereocenters. The summed E-state index contributed by atoms with van der Waals surface area (Å²) in [5.41, 5.74) is 1.95. The van der Waals surface area contributed by atoms with E-state index in [0.717, 1.165) is 41.8 Å². The van der Waals surface area contributed by atoms with Crippen molar-refractivity contribution >= 4 is 28.2 Å². The summed E-state index contributed by atoms with van der Waals surface area (Å²) >= 11 is 6.01. The van der Waals surface area contributed by atoms with Crippen LogP contribution < -0.4 is 5.32 Å². The average molecular weight is 331 g/mol. The van der Waals surface area contributed by atoms with Crippen molar-refractivity contribution in [3.63, 3.8) is 0 Å². The minimum atomic E-state index is 0.292. The van der Waals surface area contributed by atoms with Gasteiger partial charge in [0.1, 0.15) is 0 Å². The summed E-state index contributed by atoms with van der Waals surface area (Å²) in [7, 11) is 0. The van der Waals surface area contributed by atoms with Crippen LogP contribution in [0.4, 0.5) is 5.69 Å². The summed E-state index contributed by atoms with van der Waals surface area (Å²) in [6.07, 6.45) is 3.46. The van der Waals surface area contributed by atoms with Crippen LogP contribution in [0.25, 0.3) is 10.9 Å². The number of rotatable bonds is 6. The fourth-order valence-corrected chi connectivity index (χ4v) is 2.51. The molecular weight excluding hydrogens is 312 g/mol. The number of hydrogen-bond donors (Lipinski definition) is 1. The SMILES string of the molecule is CC(C)c1noc(CCCNc2ccnc3cc(Cl)ccc23)n1. The first-order valence-electron chi connectivity index (χ1n) is 7.74. The summed E-state index contributed by atoms with van der Waals surface area (Å²) in [4.78, 5) is 8.72. The number of anilines is 1. The maximum atomic E-state index is 6.01. The Hall–Kier alpha value is -2.14. The van der Waals surface area contributed by atoms with E-state index >= 15 is 0 Å². The number of aryl methyl sites for hydroxylation is 1. The van der Waals surface area contributed by atoms with Gasteiger partial charge in [-0.2, -0.15) is 4.98 Å². The monoisotopic (exact) mass is 330 g/mol. The van der Waals surface area contributed by atoms with Crippen molar-refractivity contribution in [2.24, 2.45) is 0 Å². The molecule has 3 rings (SSSR count). The molecule has 0 atom stereocenters. The van der Waals surface area contributed by atoms with Gasteiger partial charge in [0.05, 0.1) is 5.52 Å². The van der Waals surface area contributed by atoms with E-state index in [4.69, 9.17) is 16.1 Å². The number of halogens is 1. The second-order valence-corrected chi connectivity index (χ2v) is 6.19. The molecule has 1 N–H and O–H groups in total. The van der Waals surface area contributed by atoms with E-state index in [2.05, 4.69) is 34.3 Å². The van der Waals surface area contributed by atoms with Crippen LogP contribution in [0.5, 0.6) is 0 Å². The first-order valence-corrected chi connectivity index (χ1v) is 8.12. The Bertz CT molecular complexity index is 800. The van der Waals surface area contributed by atoms with Crippen molar-refractivity contribution in [1.29, 1.82) is 0 Å². The highest BCUT2D eigenvalue weighted by molar-refractivity contribution is 6.31. The van der Waals surface area contributed by atoms with Crippen LogP contribution >= 0.6 is 11.6 Å². The van der Waals surface area contributed by atoms with E-state index in [1.165, 1.54) is 0 Å². The van der Waals surface area contributed by atoms with Crippen LogP contribution in [0.15, 0.2) is 35.0 Å². The topological polar surface area (TPSA) is 63.8 Å². The molecule has 23 heavy (non-hydrogen) atoms. The molecule has 0 amide bonds. The molecule has 5 nitrogen and oxygen atoms in total. The smallest absolute Gasteiger partial charge is 0.226 e. The second kappa shape index (κ2) is 6.96. The summed E-state index contributed by atoms with van der Waals surface area (Å²) in [5, 5.41) is 9.17. The van der Waals surface area contributed by atoms with Crippen LogP contribution in [0, 0.1) is 0 Å². The Labute approximate surface area is 140 Å². The summed E-state index contributed by atoms with van der Waals surface area (Å²) in [6, 6.07) is 7.70. The molecule has 0 saturated carbocycles. The van der Waals surface area contributed by atoms with Gasteiger partial charge in [0.15, 0.2) is 5.82 Å². The maximum Gasteiger partial charge on any atom is 0.226 e. The van der Waals surface area contributed by atoms with Crippen LogP contribution in [0.2, 0.25) is 5.02 Å². The quantitative estimate of drug-likeness (QED) is 0.677. The van der Waals surface area contributed by atoms with Gasteiger partial charge in [-0.05, 0) is 30.7 Å². The molecule has 120 valence electrons. The van der Waals surface area contributed by atoms with E-state index < -0.39 is 0 Å². The first-order chi connectivity index (χ1) is 11.1. The molecule has 6 heteroatoms. The predicted molar refractivity (Wildman–Crippen MR) is 92.0 cm³/mol. The zero-order chi connectivity index (χ0) is 16.2. The lowest BCUT2D eigenvalue weighted by Crippen LogP contribution is -2.04. The van der Waals surface area contributed by atoms with Gasteiger partial charge in [0.2, 0.25) is 5.89 Å². The third-order valence-corrected chi connectivity index (χ3v) is 3.82. The highest BCUT2D eigenvalue weighted by atomic mass is 35.5.